The molecule has 2 nitrogen and oxygen atoms in total. The van der Waals surface area contributed by atoms with Crippen LogP contribution in [0.25, 0.3) is 0 Å². The van der Waals surface area contributed by atoms with Crippen LogP contribution >= 0.6 is 0 Å². The highest BCUT2D eigenvalue weighted by molar-refractivity contribution is 6.06. The molecule has 0 radical (unpaired) electrons. The van der Waals surface area contributed by atoms with E-state index in [-0.39, 0.29) is 16.4 Å². The van der Waals surface area contributed by atoms with Gasteiger partial charge in [-0.05, 0) is 32.4 Å². The third kappa shape index (κ3) is 1.73. The number of rotatable bonds is 1. The molecular formula is C23H29N2+. The monoisotopic (exact) mass is 333 g/mol. The van der Waals surface area contributed by atoms with E-state index in [1.807, 2.05) is 0 Å². The Morgan fingerprint density at radius 1 is 0.800 bits per heavy atom. The first-order chi connectivity index (χ1) is 11.6. The van der Waals surface area contributed by atoms with E-state index in [0.29, 0.717) is 0 Å². The van der Waals surface area contributed by atoms with Crippen molar-refractivity contribution >= 4 is 17.1 Å². The summed E-state index contributed by atoms with van der Waals surface area (Å²) in [4.78, 5) is 2.50. The van der Waals surface area contributed by atoms with Crippen molar-refractivity contribution in [1.29, 1.82) is 0 Å². The van der Waals surface area contributed by atoms with E-state index in [0.717, 1.165) is 0 Å². The van der Waals surface area contributed by atoms with Gasteiger partial charge < -0.3 is 4.90 Å². The van der Waals surface area contributed by atoms with Crippen LogP contribution in [-0.2, 0) is 10.8 Å². The summed E-state index contributed by atoms with van der Waals surface area (Å²) in [6, 6.07) is 17.7. The van der Waals surface area contributed by atoms with Gasteiger partial charge in [0.1, 0.15) is 12.6 Å². The Hall–Kier alpha value is -2.09. The van der Waals surface area contributed by atoms with Crippen molar-refractivity contribution in [3.8, 4) is 0 Å². The predicted octanol–water partition coefficient (Wildman–Crippen LogP) is 4.88. The summed E-state index contributed by atoms with van der Waals surface area (Å²) < 4.78 is 2.44. The summed E-state index contributed by atoms with van der Waals surface area (Å²) in [5.41, 5.74) is 6.93. The van der Waals surface area contributed by atoms with Crippen molar-refractivity contribution in [3.05, 3.63) is 59.7 Å². The number of likely N-dealkylation sites (N-methyl/N-ethyl adjacent to an activating group) is 1. The molecule has 0 N–H and O–H groups in total. The van der Waals surface area contributed by atoms with Gasteiger partial charge in [-0.3, -0.25) is 0 Å². The average Bonchev–Trinajstić information content (AvgIpc) is 2.88. The molecule has 0 fully saturated rings. The summed E-state index contributed by atoms with van der Waals surface area (Å²) >= 11 is 0. The molecule has 4 rings (SSSR count). The Bertz CT molecular complexity index is 904. The molecule has 1 unspecified atom stereocenters. The molecule has 0 amide bonds. The van der Waals surface area contributed by atoms with E-state index in [1.165, 1.54) is 28.2 Å². The second kappa shape index (κ2) is 4.75. The standard InChI is InChI=1S/C23H29N2/c1-21(2)16-12-8-10-14-18(16)24(6)20(21)23(5)22(3,4)17-13-9-11-15-19(17)25(23)7/h8-15H,1-7H3/q+1. The SMILES string of the molecule is CN1c2ccccc2C(C)(C)C1(C)C1=[N+](C)c2ccccc2C1(C)C. The maximum absolute atomic E-state index is 2.50. The smallest absolute Gasteiger partial charge is 0.209 e. The van der Waals surface area contributed by atoms with Crippen LogP contribution in [0.5, 0.6) is 0 Å². The fourth-order valence-electron chi connectivity index (χ4n) is 5.57. The lowest BCUT2D eigenvalue weighted by atomic mass is 9.62. The van der Waals surface area contributed by atoms with Gasteiger partial charge in [-0.15, -0.1) is 0 Å². The maximum Gasteiger partial charge on any atom is 0.209 e. The fourth-order valence-corrected chi connectivity index (χ4v) is 5.57. The van der Waals surface area contributed by atoms with Crippen molar-refractivity contribution in [2.75, 3.05) is 19.0 Å². The Labute approximate surface area is 151 Å². The molecule has 0 spiro atoms. The minimum absolute atomic E-state index is 0.00628. The Balaban J connectivity index is 2.01. The minimum Gasteiger partial charge on any atom is -0.359 e. The van der Waals surface area contributed by atoms with E-state index in [4.69, 9.17) is 0 Å². The molecule has 2 heteroatoms. The van der Waals surface area contributed by atoms with Crippen LogP contribution in [0.2, 0.25) is 0 Å². The first-order valence-corrected chi connectivity index (χ1v) is 9.19. The van der Waals surface area contributed by atoms with Gasteiger partial charge in [-0.25, -0.2) is 0 Å². The van der Waals surface area contributed by atoms with Crippen LogP contribution in [0.3, 0.4) is 0 Å². The minimum atomic E-state index is -0.103. The molecule has 2 aliphatic rings. The van der Waals surface area contributed by atoms with E-state index < -0.39 is 0 Å². The van der Waals surface area contributed by atoms with Gasteiger partial charge in [0.2, 0.25) is 5.69 Å². The van der Waals surface area contributed by atoms with E-state index in [9.17, 15) is 0 Å². The molecule has 2 heterocycles. The highest BCUT2D eigenvalue weighted by Gasteiger charge is 2.64. The number of nitrogens with zero attached hydrogens (tertiary/aromatic N) is 2. The van der Waals surface area contributed by atoms with Crippen LogP contribution in [0, 0.1) is 0 Å². The van der Waals surface area contributed by atoms with Gasteiger partial charge in [-0.2, -0.15) is 4.58 Å². The Morgan fingerprint density at radius 3 is 1.96 bits per heavy atom. The highest BCUT2D eigenvalue weighted by atomic mass is 15.3. The lowest BCUT2D eigenvalue weighted by Crippen LogP contribution is -2.63. The zero-order chi connectivity index (χ0) is 18.2. The van der Waals surface area contributed by atoms with Gasteiger partial charge >= 0.3 is 0 Å². The molecule has 0 bridgehead atoms. The second-order valence-corrected chi connectivity index (χ2v) is 8.82. The lowest BCUT2D eigenvalue weighted by Gasteiger charge is -2.44. The van der Waals surface area contributed by atoms with Crippen molar-refractivity contribution < 1.29 is 4.58 Å². The fraction of sp³-hybridized carbons (Fsp3) is 0.435. The molecule has 2 aliphatic heterocycles. The van der Waals surface area contributed by atoms with E-state index in [2.05, 4.69) is 107 Å². The van der Waals surface area contributed by atoms with Crippen molar-refractivity contribution in [2.24, 2.45) is 0 Å². The van der Waals surface area contributed by atoms with Gasteiger partial charge in [0.15, 0.2) is 5.71 Å². The topological polar surface area (TPSA) is 6.25 Å². The van der Waals surface area contributed by atoms with Crippen molar-refractivity contribution in [1.82, 2.24) is 0 Å². The largest absolute Gasteiger partial charge is 0.359 e. The third-order valence-electron chi connectivity index (χ3n) is 7.15. The molecular weight excluding hydrogens is 304 g/mol. The molecule has 0 saturated carbocycles. The predicted molar refractivity (Wildman–Crippen MR) is 107 cm³/mol. The van der Waals surface area contributed by atoms with Crippen LogP contribution in [0.1, 0.15) is 45.7 Å². The maximum atomic E-state index is 2.50. The van der Waals surface area contributed by atoms with Crippen molar-refractivity contribution in [3.63, 3.8) is 0 Å². The quantitative estimate of drug-likeness (QED) is 0.674. The first kappa shape index (κ1) is 16.4. The number of hydrogen-bond acceptors (Lipinski definition) is 1. The molecule has 0 aromatic heterocycles. The molecule has 1 atom stereocenters. The molecule has 2 aromatic rings. The molecule has 0 saturated heterocycles. The van der Waals surface area contributed by atoms with Gasteiger partial charge in [0.05, 0.1) is 5.41 Å². The number of anilines is 1. The molecule has 0 aliphatic carbocycles. The summed E-state index contributed by atoms with van der Waals surface area (Å²) in [7, 11) is 4.49. The zero-order valence-corrected chi connectivity index (χ0v) is 16.5. The van der Waals surface area contributed by atoms with Crippen LogP contribution in [-0.4, -0.2) is 29.9 Å². The number of para-hydroxylation sites is 2. The third-order valence-corrected chi connectivity index (χ3v) is 7.15. The normalized spacial score (nSPS) is 26.0. The number of benzene rings is 2. The second-order valence-electron chi connectivity index (χ2n) is 8.82. The first-order valence-electron chi connectivity index (χ1n) is 9.19. The van der Waals surface area contributed by atoms with Crippen LogP contribution in [0.4, 0.5) is 11.4 Å². The summed E-state index contributed by atoms with van der Waals surface area (Å²) in [5, 5.41) is 0. The average molecular weight is 333 g/mol. The molecule has 2 aromatic carbocycles. The summed E-state index contributed by atoms with van der Waals surface area (Å²) in [5.74, 6) is 0. The van der Waals surface area contributed by atoms with E-state index in [1.54, 1.807) is 0 Å². The number of hydrogen-bond donors (Lipinski definition) is 0. The highest BCUT2D eigenvalue weighted by Crippen LogP contribution is 2.55. The Morgan fingerprint density at radius 2 is 1.36 bits per heavy atom. The van der Waals surface area contributed by atoms with Crippen molar-refractivity contribution in [2.45, 2.75) is 51.0 Å². The zero-order valence-electron chi connectivity index (χ0n) is 16.5. The molecule has 130 valence electrons. The summed E-state index contributed by atoms with van der Waals surface area (Å²) in [6.45, 7) is 12.0. The molecule has 25 heavy (non-hydrogen) atoms. The van der Waals surface area contributed by atoms with Crippen LogP contribution in [0.15, 0.2) is 48.5 Å². The summed E-state index contributed by atoms with van der Waals surface area (Å²) in [6.07, 6.45) is 0. The number of fused-ring (bicyclic) bond motifs is 2. The van der Waals surface area contributed by atoms with Gasteiger partial charge in [-0.1, -0.05) is 50.2 Å². The van der Waals surface area contributed by atoms with Gasteiger partial charge in [0, 0.05) is 29.8 Å². The van der Waals surface area contributed by atoms with Gasteiger partial charge in [0.25, 0.3) is 0 Å². The Kier molecular flexibility index (Phi) is 3.11. The van der Waals surface area contributed by atoms with E-state index >= 15 is 0 Å². The van der Waals surface area contributed by atoms with Crippen LogP contribution < -0.4 is 4.90 Å². The lowest BCUT2D eigenvalue weighted by molar-refractivity contribution is -0.406.